The van der Waals surface area contributed by atoms with Gasteiger partial charge in [0.2, 0.25) is 16.7 Å². The summed E-state index contributed by atoms with van der Waals surface area (Å²) < 4.78 is 6.31. The van der Waals surface area contributed by atoms with Crippen molar-refractivity contribution in [1.29, 1.82) is 0 Å². The third-order valence-corrected chi connectivity index (χ3v) is 9.81. The third-order valence-electron chi connectivity index (χ3n) is 8.17. The summed E-state index contributed by atoms with van der Waals surface area (Å²) in [6.07, 6.45) is -0.136. The van der Waals surface area contributed by atoms with Gasteiger partial charge in [-0.2, -0.15) is 5.10 Å². The molecular formula is C37H35N5O5S. The summed E-state index contributed by atoms with van der Waals surface area (Å²) in [7, 11) is 0. The molecule has 3 saturated heterocycles. The van der Waals surface area contributed by atoms with Gasteiger partial charge in [-0.25, -0.2) is 14.6 Å². The summed E-state index contributed by atoms with van der Waals surface area (Å²) in [5.74, 6) is -1.38. The van der Waals surface area contributed by atoms with Crippen molar-refractivity contribution in [2.75, 3.05) is 13.1 Å². The lowest BCUT2D eigenvalue weighted by Gasteiger charge is -2.42. The minimum atomic E-state index is -1.74. The van der Waals surface area contributed by atoms with E-state index in [1.54, 1.807) is 6.21 Å². The number of carbonyl (C=O) groups excluding carboxylic acids is 4. The fraction of sp³-hybridized carbons (Fsp3) is 0.216. The smallest absolute Gasteiger partial charge is 0.348 e. The Bertz CT molecular complexity index is 1700. The van der Waals surface area contributed by atoms with Gasteiger partial charge in [-0.1, -0.05) is 139 Å². The predicted molar refractivity (Wildman–Crippen MR) is 183 cm³/mol. The Balaban J connectivity index is 0.000000604. The number of hydrogen-bond acceptors (Lipinski definition) is 7. The Morgan fingerprint density at radius 1 is 0.833 bits per heavy atom. The van der Waals surface area contributed by atoms with E-state index in [4.69, 9.17) is 4.74 Å². The highest BCUT2D eigenvalue weighted by Gasteiger charge is 2.69. The first kappa shape index (κ1) is 32.5. The fourth-order valence-corrected chi connectivity index (χ4v) is 7.62. The van der Waals surface area contributed by atoms with Crippen molar-refractivity contribution in [1.82, 2.24) is 20.1 Å². The number of fused-ring (bicyclic) bond motifs is 1. The van der Waals surface area contributed by atoms with Crippen molar-refractivity contribution in [3.05, 3.63) is 144 Å². The van der Waals surface area contributed by atoms with E-state index in [9.17, 15) is 19.2 Å². The number of thioether (sulfide) groups is 1. The molecular weight excluding hydrogens is 627 g/mol. The molecule has 11 heteroatoms. The second-order valence-corrected chi connectivity index (χ2v) is 12.8. The number of nitrogens with one attached hydrogen (secondary N) is 1. The topological polar surface area (TPSA) is 112 Å². The molecule has 1 N–H and O–H groups in total. The van der Waals surface area contributed by atoms with E-state index < -0.39 is 40.4 Å². The van der Waals surface area contributed by atoms with Crippen LogP contribution < -0.4 is 5.32 Å². The summed E-state index contributed by atoms with van der Waals surface area (Å²) in [4.78, 5) is 54.8. The molecule has 4 aromatic carbocycles. The van der Waals surface area contributed by atoms with Crippen LogP contribution in [-0.2, 0) is 19.1 Å². The molecule has 3 fully saturated rings. The quantitative estimate of drug-likeness (QED) is 0.157. The zero-order valence-electron chi connectivity index (χ0n) is 26.3. The van der Waals surface area contributed by atoms with E-state index in [0.717, 1.165) is 28.5 Å². The molecule has 244 valence electrons. The number of hydrazone groups is 1. The zero-order valence-corrected chi connectivity index (χ0v) is 27.1. The second kappa shape index (κ2) is 14.6. The van der Waals surface area contributed by atoms with Crippen molar-refractivity contribution in [2.45, 2.75) is 35.9 Å². The van der Waals surface area contributed by atoms with Gasteiger partial charge >= 0.3 is 12.0 Å². The van der Waals surface area contributed by atoms with Crippen LogP contribution in [-0.4, -0.2) is 74.3 Å². The van der Waals surface area contributed by atoms with Crippen molar-refractivity contribution >= 4 is 41.8 Å². The number of rotatable bonds is 8. The van der Waals surface area contributed by atoms with Crippen LogP contribution in [0.2, 0.25) is 0 Å². The Morgan fingerprint density at radius 3 is 1.88 bits per heavy atom. The highest BCUT2D eigenvalue weighted by atomic mass is 32.2. The molecule has 3 aliphatic heterocycles. The van der Waals surface area contributed by atoms with Crippen LogP contribution in [0.25, 0.3) is 0 Å². The second-order valence-electron chi connectivity index (χ2n) is 11.4. The van der Waals surface area contributed by atoms with Gasteiger partial charge in [0.15, 0.2) is 6.10 Å². The Morgan fingerprint density at radius 2 is 1.35 bits per heavy atom. The lowest BCUT2D eigenvalue weighted by Crippen LogP contribution is -2.69. The Kier molecular flexibility index (Phi) is 9.86. The first-order valence-electron chi connectivity index (χ1n) is 15.6. The summed E-state index contributed by atoms with van der Waals surface area (Å²) in [6.45, 7) is 1.67. The van der Waals surface area contributed by atoms with Gasteiger partial charge < -0.3 is 15.0 Å². The summed E-state index contributed by atoms with van der Waals surface area (Å²) in [5, 5.41) is 8.07. The number of hydrogen-bond donors (Lipinski definition) is 1. The zero-order chi connectivity index (χ0) is 33.5. The maximum atomic E-state index is 14.6. The molecule has 3 heterocycles. The number of benzene rings is 4. The van der Waals surface area contributed by atoms with Crippen LogP contribution in [0.15, 0.2) is 132 Å². The third kappa shape index (κ3) is 6.68. The van der Waals surface area contributed by atoms with Gasteiger partial charge in [0.1, 0.15) is 6.17 Å². The predicted octanol–water partition coefficient (Wildman–Crippen LogP) is 5.24. The molecule has 4 aromatic rings. The SMILES string of the molecule is CC(=O)NC1N2C(=O)C[C@H]2S[C@]1(C(=O)OC(c1ccccc1)c1ccccc1)N1CCN(N=Cc2ccccc2)C1=O.c1ccccc1. The van der Waals surface area contributed by atoms with Crippen molar-refractivity contribution in [3.8, 4) is 0 Å². The van der Waals surface area contributed by atoms with Gasteiger partial charge in [-0.3, -0.25) is 14.5 Å². The summed E-state index contributed by atoms with van der Waals surface area (Å²) >= 11 is 1.16. The van der Waals surface area contributed by atoms with Crippen molar-refractivity contribution in [3.63, 3.8) is 0 Å². The number of carbonyl (C=O) groups is 4. The van der Waals surface area contributed by atoms with Gasteiger partial charge in [0.05, 0.1) is 24.6 Å². The van der Waals surface area contributed by atoms with E-state index >= 15 is 0 Å². The maximum absolute atomic E-state index is 14.6. The average Bonchev–Trinajstić information content (AvgIpc) is 3.61. The Labute approximate surface area is 283 Å². The standard InChI is InChI=1S/C31H29N5O5S.C6H6/c1-21(37)33-28-31(42-26-19-25(38)36(26)28,34-17-18-35(30(34)40)32-20-22-11-5-2-6-12-22)29(39)41-27(23-13-7-3-8-14-23)24-15-9-4-10-16-24;1-2-4-6-5-3-1/h2-16,20,26-28H,17-19H2,1H3,(H,33,37);1-6H/t26-,28?,31-;/m1./s1. The van der Waals surface area contributed by atoms with E-state index in [1.165, 1.54) is 21.7 Å². The normalized spacial score (nSPS) is 21.4. The number of β-lactam (4-membered cyclic amide) rings is 1. The van der Waals surface area contributed by atoms with E-state index in [-0.39, 0.29) is 25.4 Å². The highest BCUT2D eigenvalue weighted by Crippen LogP contribution is 2.54. The molecule has 0 saturated carbocycles. The van der Waals surface area contributed by atoms with Crippen LogP contribution in [0.4, 0.5) is 4.79 Å². The number of esters is 1. The highest BCUT2D eigenvalue weighted by molar-refractivity contribution is 8.02. The van der Waals surface area contributed by atoms with Crippen molar-refractivity contribution in [2.24, 2.45) is 5.10 Å². The summed E-state index contributed by atoms with van der Waals surface area (Å²) in [6, 6.07) is 39.5. The molecule has 3 atom stereocenters. The van der Waals surface area contributed by atoms with Gasteiger partial charge in [-0.05, 0) is 16.7 Å². The molecule has 0 spiro atoms. The number of nitrogens with zero attached hydrogens (tertiary/aromatic N) is 4. The molecule has 1 unspecified atom stereocenters. The van der Waals surface area contributed by atoms with E-state index in [2.05, 4.69) is 10.4 Å². The van der Waals surface area contributed by atoms with Crippen LogP contribution in [0.3, 0.4) is 0 Å². The summed E-state index contributed by atoms with van der Waals surface area (Å²) in [5.41, 5.74) is 2.30. The number of amides is 4. The molecule has 10 nitrogen and oxygen atoms in total. The Hall–Kier alpha value is -5.42. The largest absolute Gasteiger partial charge is 0.450 e. The molecule has 48 heavy (non-hydrogen) atoms. The van der Waals surface area contributed by atoms with Gasteiger partial charge in [0.25, 0.3) is 0 Å². The average molecular weight is 662 g/mol. The van der Waals surface area contributed by atoms with Crippen LogP contribution in [0.1, 0.15) is 36.1 Å². The van der Waals surface area contributed by atoms with Gasteiger partial charge in [-0.15, -0.1) is 0 Å². The van der Waals surface area contributed by atoms with Crippen molar-refractivity contribution < 1.29 is 23.9 Å². The lowest BCUT2D eigenvalue weighted by atomic mass is 10.0. The molecule has 7 rings (SSSR count). The van der Waals surface area contributed by atoms with Gasteiger partial charge in [0, 0.05) is 13.5 Å². The monoisotopic (exact) mass is 661 g/mol. The molecule has 3 aliphatic rings. The fourth-order valence-electron chi connectivity index (χ4n) is 5.89. The first-order chi connectivity index (χ1) is 23.4. The van der Waals surface area contributed by atoms with Crippen LogP contribution in [0.5, 0.6) is 0 Å². The number of ether oxygens (including phenoxy) is 1. The number of urea groups is 1. The molecule has 0 radical (unpaired) electrons. The lowest BCUT2D eigenvalue weighted by molar-refractivity contribution is -0.161. The molecule has 0 aliphatic carbocycles. The minimum absolute atomic E-state index is 0.138. The maximum Gasteiger partial charge on any atom is 0.348 e. The molecule has 0 aromatic heterocycles. The minimum Gasteiger partial charge on any atom is -0.450 e. The van der Waals surface area contributed by atoms with Crippen LogP contribution in [0, 0.1) is 0 Å². The first-order valence-corrected chi connectivity index (χ1v) is 16.5. The molecule has 0 bridgehead atoms. The van der Waals surface area contributed by atoms with E-state index in [1.807, 2.05) is 127 Å². The van der Waals surface area contributed by atoms with Crippen LogP contribution >= 0.6 is 11.8 Å². The molecule has 4 amide bonds. The van der Waals surface area contributed by atoms with E-state index in [0.29, 0.717) is 0 Å².